The molecular formula is C18H22ClN. The molecule has 1 atom stereocenters. The van der Waals surface area contributed by atoms with Crippen LogP contribution in [0.15, 0.2) is 48.5 Å². The van der Waals surface area contributed by atoms with Gasteiger partial charge in [0.25, 0.3) is 0 Å². The normalized spacial score (nSPS) is 12.3. The maximum Gasteiger partial charge on any atom is 0.0406 e. The SMILES string of the molecule is CCc1ccc(CC(CN)Cc2ccc(Cl)cc2)cc1. The molecule has 2 heteroatoms. The van der Waals surface area contributed by atoms with Gasteiger partial charge in [0.1, 0.15) is 0 Å². The van der Waals surface area contributed by atoms with Gasteiger partial charge in [-0.05, 0) is 60.5 Å². The average Bonchev–Trinajstić information content (AvgIpc) is 2.49. The minimum atomic E-state index is 0.476. The molecule has 106 valence electrons. The van der Waals surface area contributed by atoms with E-state index in [0.717, 1.165) is 24.3 Å². The van der Waals surface area contributed by atoms with Crippen molar-refractivity contribution in [3.8, 4) is 0 Å². The minimum absolute atomic E-state index is 0.476. The Hall–Kier alpha value is -1.31. The Bertz CT molecular complexity index is 516. The van der Waals surface area contributed by atoms with Gasteiger partial charge in [-0.25, -0.2) is 0 Å². The Morgan fingerprint density at radius 3 is 1.75 bits per heavy atom. The zero-order chi connectivity index (χ0) is 14.4. The molecular weight excluding hydrogens is 266 g/mol. The van der Waals surface area contributed by atoms with Crippen molar-refractivity contribution in [1.29, 1.82) is 0 Å². The first kappa shape index (κ1) is 15.1. The summed E-state index contributed by atoms with van der Waals surface area (Å²) >= 11 is 5.92. The minimum Gasteiger partial charge on any atom is -0.330 e. The first-order valence-corrected chi connectivity index (χ1v) is 7.61. The number of benzene rings is 2. The van der Waals surface area contributed by atoms with Crippen molar-refractivity contribution in [3.05, 3.63) is 70.2 Å². The third-order valence-corrected chi connectivity index (χ3v) is 3.98. The summed E-state index contributed by atoms with van der Waals surface area (Å²) in [6.45, 7) is 2.89. The predicted octanol–water partition coefficient (Wildman–Crippen LogP) is 4.26. The molecule has 0 radical (unpaired) electrons. The number of nitrogens with two attached hydrogens (primary N) is 1. The van der Waals surface area contributed by atoms with Crippen LogP contribution in [0.5, 0.6) is 0 Å². The van der Waals surface area contributed by atoms with Gasteiger partial charge in [0, 0.05) is 5.02 Å². The first-order chi connectivity index (χ1) is 9.71. The lowest BCUT2D eigenvalue weighted by molar-refractivity contribution is 0.533. The molecule has 0 aliphatic carbocycles. The lowest BCUT2D eigenvalue weighted by atomic mass is 9.92. The fraction of sp³-hybridized carbons (Fsp3) is 0.333. The number of hydrogen-bond donors (Lipinski definition) is 1. The molecule has 2 N–H and O–H groups in total. The van der Waals surface area contributed by atoms with Crippen molar-refractivity contribution >= 4 is 11.6 Å². The lowest BCUT2D eigenvalue weighted by Gasteiger charge is -2.15. The monoisotopic (exact) mass is 287 g/mol. The van der Waals surface area contributed by atoms with Crippen LogP contribution in [-0.4, -0.2) is 6.54 Å². The Balaban J connectivity index is 1.99. The van der Waals surface area contributed by atoms with E-state index < -0.39 is 0 Å². The summed E-state index contributed by atoms with van der Waals surface area (Å²) in [4.78, 5) is 0. The Morgan fingerprint density at radius 1 is 0.850 bits per heavy atom. The fourth-order valence-corrected chi connectivity index (χ4v) is 2.56. The molecule has 0 fully saturated rings. The number of rotatable bonds is 6. The van der Waals surface area contributed by atoms with Gasteiger partial charge in [-0.2, -0.15) is 0 Å². The molecule has 2 aromatic rings. The number of aryl methyl sites for hydroxylation is 1. The zero-order valence-corrected chi connectivity index (χ0v) is 12.7. The van der Waals surface area contributed by atoms with Gasteiger partial charge >= 0.3 is 0 Å². The van der Waals surface area contributed by atoms with Crippen LogP contribution in [-0.2, 0) is 19.3 Å². The highest BCUT2D eigenvalue weighted by molar-refractivity contribution is 6.30. The second-order valence-corrected chi connectivity index (χ2v) is 5.74. The molecule has 0 amide bonds. The molecule has 1 nitrogen and oxygen atoms in total. The molecule has 0 aromatic heterocycles. The van der Waals surface area contributed by atoms with E-state index in [1.807, 2.05) is 12.1 Å². The van der Waals surface area contributed by atoms with Crippen molar-refractivity contribution in [2.45, 2.75) is 26.2 Å². The quantitative estimate of drug-likeness (QED) is 0.844. The molecule has 20 heavy (non-hydrogen) atoms. The van der Waals surface area contributed by atoms with Crippen LogP contribution in [0.2, 0.25) is 5.02 Å². The predicted molar refractivity (Wildman–Crippen MR) is 87.2 cm³/mol. The smallest absolute Gasteiger partial charge is 0.0406 e. The van der Waals surface area contributed by atoms with Crippen LogP contribution in [0.3, 0.4) is 0 Å². The third kappa shape index (κ3) is 4.36. The van der Waals surface area contributed by atoms with Crippen LogP contribution in [0.25, 0.3) is 0 Å². The van der Waals surface area contributed by atoms with Crippen molar-refractivity contribution in [2.75, 3.05) is 6.54 Å². The average molecular weight is 288 g/mol. The molecule has 2 rings (SSSR count). The standard InChI is InChI=1S/C18H22ClN/c1-2-14-3-5-15(6-4-14)11-17(13-20)12-16-7-9-18(19)10-8-16/h3-10,17H,2,11-13,20H2,1H3. The summed E-state index contributed by atoms with van der Waals surface area (Å²) in [6.07, 6.45) is 3.12. The summed E-state index contributed by atoms with van der Waals surface area (Å²) in [6, 6.07) is 16.9. The van der Waals surface area contributed by atoms with E-state index in [2.05, 4.69) is 43.3 Å². The Morgan fingerprint density at radius 2 is 1.30 bits per heavy atom. The summed E-state index contributed by atoms with van der Waals surface area (Å²) < 4.78 is 0. The zero-order valence-electron chi connectivity index (χ0n) is 12.0. The molecule has 0 spiro atoms. The summed E-state index contributed by atoms with van der Waals surface area (Å²) in [7, 11) is 0. The topological polar surface area (TPSA) is 26.0 Å². The van der Waals surface area contributed by atoms with E-state index in [4.69, 9.17) is 17.3 Å². The van der Waals surface area contributed by atoms with Gasteiger partial charge in [-0.3, -0.25) is 0 Å². The van der Waals surface area contributed by atoms with E-state index in [-0.39, 0.29) is 0 Å². The van der Waals surface area contributed by atoms with Crippen LogP contribution in [0, 0.1) is 5.92 Å². The summed E-state index contributed by atoms with van der Waals surface area (Å²) in [5.41, 5.74) is 9.98. The molecule has 0 aliphatic heterocycles. The van der Waals surface area contributed by atoms with E-state index >= 15 is 0 Å². The van der Waals surface area contributed by atoms with Crippen LogP contribution in [0.4, 0.5) is 0 Å². The van der Waals surface area contributed by atoms with Crippen molar-refractivity contribution < 1.29 is 0 Å². The molecule has 0 saturated carbocycles. The van der Waals surface area contributed by atoms with Gasteiger partial charge in [-0.15, -0.1) is 0 Å². The van der Waals surface area contributed by atoms with Crippen molar-refractivity contribution in [2.24, 2.45) is 11.7 Å². The second kappa shape index (κ2) is 7.47. The summed E-state index contributed by atoms with van der Waals surface area (Å²) in [5, 5.41) is 0.785. The molecule has 2 aromatic carbocycles. The fourth-order valence-electron chi connectivity index (χ4n) is 2.44. The summed E-state index contributed by atoms with van der Waals surface area (Å²) in [5.74, 6) is 0.476. The molecule has 0 aliphatic rings. The van der Waals surface area contributed by atoms with E-state index in [9.17, 15) is 0 Å². The van der Waals surface area contributed by atoms with Crippen molar-refractivity contribution in [3.63, 3.8) is 0 Å². The highest BCUT2D eigenvalue weighted by Gasteiger charge is 2.09. The Labute approximate surface area is 126 Å². The third-order valence-electron chi connectivity index (χ3n) is 3.73. The maximum atomic E-state index is 5.93. The molecule has 0 heterocycles. The van der Waals surface area contributed by atoms with Crippen LogP contribution < -0.4 is 5.73 Å². The van der Waals surface area contributed by atoms with Crippen LogP contribution >= 0.6 is 11.6 Å². The second-order valence-electron chi connectivity index (χ2n) is 5.31. The van der Waals surface area contributed by atoms with Gasteiger partial charge in [0.2, 0.25) is 0 Å². The number of halogens is 1. The van der Waals surface area contributed by atoms with Gasteiger partial charge < -0.3 is 5.73 Å². The van der Waals surface area contributed by atoms with E-state index in [0.29, 0.717) is 12.5 Å². The largest absolute Gasteiger partial charge is 0.330 e. The van der Waals surface area contributed by atoms with Gasteiger partial charge in [-0.1, -0.05) is 54.9 Å². The van der Waals surface area contributed by atoms with Crippen molar-refractivity contribution in [1.82, 2.24) is 0 Å². The van der Waals surface area contributed by atoms with Crippen LogP contribution in [0.1, 0.15) is 23.6 Å². The molecule has 1 unspecified atom stereocenters. The molecule has 0 bridgehead atoms. The van der Waals surface area contributed by atoms with Gasteiger partial charge in [0.05, 0.1) is 0 Å². The highest BCUT2D eigenvalue weighted by Crippen LogP contribution is 2.17. The highest BCUT2D eigenvalue weighted by atomic mass is 35.5. The van der Waals surface area contributed by atoms with E-state index in [1.54, 1.807) is 0 Å². The lowest BCUT2D eigenvalue weighted by Crippen LogP contribution is -2.19. The van der Waals surface area contributed by atoms with E-state index in [1.165, 1.54) is 16.7 Å². The first-order valence-electron chi connectivity index (χ1n) is 7.23. The number of hydrogen-bond acceptors (Lipinski definition) is 1. The molecule has 0 saturated heterocycles. The van der Waals surface area contributed by atoms with Gasteiger partial charge in [0.15, 0.2) is 0 Å². The maximum absolute atomic E-state index is 5.93. The Kier molecular flexibility index (Phi) is 5.63.